The zero-order valence-corrected chi connectivity index (χ0v) is 14.7. The van der Waals surface area contributed by atoms with Crippen molar-refractivity contribution in [2.45, 2.75) is 31.1 Å². The van der Waals surface area contributed by atoms with E-state index in [1.54, 1.807) is 30.3 Å². The van der Waals surface area contributed by atoms with Crippen molar-refractivity contribution in [3.05, 3.63) is 53.1 Å². The second-order valence-electron chi connectivity index (χ2n) is 6.34. The Balaban J connectivity index is 2.31. The molecular formula is C16H19BClNO2S. The van der Waals surface area contributed by atoms with Gasteiger partial charge in [-0.05, 0) is 41.3 Å². The van der Waals surface area contributed by atoms with Gasteiger partial charge in [-0.25, -0.2) is 8.42 Å². The summed E-state index contributed by atoms with van der Waals surface area (Å²) in [4.78, 5) is 0.245. The fraction of sp³-hybridized carbons (Fsp3) is 0.250. The highest BCUT2D eigenvalue weighted by Crippen LogP contribution is 2.24. The number of rotatable bonds is 3. The second kappa shape index (κ2) is 5.97. The Bertz CT molecular complexity index is 781. The summed E-state index contributed by atoms with van der Waals surface area (Å²) in [5.74, 6) is 0. The Labute approximate surface area is 138 Å². The van der Waals surface area contributed by atoms with Crippen LogP contribution in [-0.2, 0) is 15.4 Å². The van der Waals surface area contributed by atoms with E-state index in [9.17, 15) is 8.42 Å². The Hall–Kier alpha value is -1.46. The zero-order chi connectivity index (χ0) is 16.5. The summed E-state index contributed by atoms with van der Waals surface area (Å²) in [6.45, 7) is 6.27. The van der Waals surface area contributed by atoms with Gasteiger partial charge in [-0.1, -0.05) is 50.0 Å². The molecule has 2 aromatic carbocycles. The van der Waals surface area contributed by atoms with E-state index >= 15 is 0 Å². The number of anilines is 1. The van der Waals surface area contributed by atoms with Gasteiger partial charge in [0.2, 0.25) is 0 Å². The first-order valence-corrected chi connectivity index (χ1v) is 8.85. The van der Waals surface area contributed by atoms with E-state index in [1.807, 2.05) is 20.0 Å². The lowest BCUT2D eigenvalue weighted by Crippen LogP contribution is -2.19. The lowest BCUT2D eigenvalue weighted by Gasteiger charge is -2.19. The molecule has 0 aliphatic heterocycles. The van der Waals surface area contributed by atoms with Crippen molar-refractivity contribution in [2.75, 3.05) is 4.72 Å². The van der Waals surface area contributed by atoms with Gasteiger partial charge in [-0.3, -0.25) is 4.72 Å². The number of benzene rings is 2. The molecule has 2 aromatic rings. The third-order valence-electron chi connectivity index (χ3n) is 3.46. The number of sulfonamides is 1. The van der Waals surface area contributed by atoms with Gasteiger partial charge in [0.1, 0.15) is 7.85 Å². The van der Waals surface area contributed by atoms with Crippen molar-refractivity contribution in [3.8, 4) is 0 Å². The largest absolute Gasteiger partial charge is 0.280 e. The number of nitrogens with one attached hydrogen (secondary N) is 1. The fourth-order valence-corrected chi connectivity index (χ4v) is 3.44. The van der Waals surface area contributed by atoms with Gasteiger partial charge < -0.3 is 0 Å². The highest BCUT2D eigenvalue weighted by atomic mass is 35.5. The standard InChI is InChI=1S/C16H19BClNO2S/c1-16(2,3)11-4-7-13(8-5-11)22(20,21)19-15-9-6-12(18)10-14(15)17/h4-10,19H,17H2,1-3H3. The van der Waals surface area contributed by atoms with Crippen LogP contribution in [0.25, 0.3) is 0 Å². The van der Waals surface area contributed by atoms with E-state index < -0.39 is 10.0 Å². The lowest BCUT2D eigenvalue weighted by atomic mass is 9.87. The summed E-state index contributed by atoms with van der Waals surface area (Å²) in [6.07, 6.45) is 0. The highest BCUT2D eigenvalue weighted by Gasteiger charge is 2.18. The first kappa shape index (κ1) is 16.9. The molecule has 0 unspecified atom stereocenters. The summed E-state index contributed by atoms with van der Waals surface area (Å²) in [7, 11) is -1.79. The molecule has 0 aliphatic rings. The predicted octanol–water partition coefficient (Wildman–Crippen LogP) is 2.70. The van der Waals surface area contributed by atoms with Gasteiger partial charge in [-0.15, -0.1) is 0 Å². The van der Waals surface area contributed by atoms with Gasteiger partial charge in [0.15, 0.2) is 0 Å². The minimum atomic E-state index is -3.60. The molecular weight excluding hydrogens is 317 g/mol. The molecule has 6 heteroatoms. The Kier molecular flexibility index (Phi) is 4.59. The molecule has 1 N–H and O–H groups in total. The molecule has 0 saturated carbocycles. The van der Waals surface area contributed by atoms with Crippen LogP contribution in [0.5, 0.6) is 0 Å². The molecule has 3 nitrogen and oxygen atoms in total. The minimum absolute atomic E-state index is 0.0114. The first-order valence-electron chi connectivity index (χ1n) is 6.99. The van der Waals surface area contributed by atoms with E-state index in [0.29, 0.717) is 10.7 Å². The maximum absolute atomic E-state index is 12.5. The van der Waals surface area contributed by atoms with Gasteiger partial charge >= 0.3 is 0 Å². The van der Waals surface area contributed by atoms with E-state index in [1.165, 1.54) is 0 Å². The number of halogens is 1. The van der Waals surface area contributed by atoms with Gasteiger partial charge in [0, 0.05) is 10.7 Å². The molecule has 0 saturated heterocycles. The van der Waals surface area contributed by atoms with E-state index in [4.69, 9.17) is 11.6 Å². The minimum Gasteiger partial charge on any atom is -0.280 e. The molecule has 116 valence electrons. The van der Waals surface area contributed by atoms with Gasteiger partial charge in [0.05, 0.1) is 4.90 Å². The molecule has 2 rings (SSSR count). The van der Waals surface area contributed by atoms with Crippen LogP contribution < -0.4 is 10.2 Å². The molecule has 0 atom stereocenters. The van der Waals surface area contributed by atoms with Crippen molar-refractivity contribution < 1.29 is 8.42 Å². The molecule has 0 fully saturated rings. The molecule has 0 aliphatic carbocycles. The average Bonchev–Trinajstić information content (AvgIpc) is 2.41. The normalized spacial score (nSPS) is 12.2. The van der Waals surface area contributed by atoms with Crippen LogP contribution in [0.4, 0.5) is 5.69 Å². The van der Waals surface area contributed by atoms with E-state index in [-0.39, 0.29) is 10.3 Å². The topological polar surface area (TPSA) is 46.2 Å². The molecule has 22 heavy (non-hydrogen) atoms. The van der Waals surface area contributed by atoms with Crippen LogP contribution in [-0.4, -0.2) is 16.3 Å². The second-order valence-corrected chi connectivity index (χ2v) is 8.46. The van der Waals surface area contributed by atoms with Crippen molar-refractivity contribution in [1.29, 1.82) is 0 Å². The van der Waals surface area contributed by atoms with Crippen LogP contribution in [0.2, 0.25) is 5.02 Å². The number of hydrogen-bond donors (Lipinski definition) is 1. The highest BCUT2D eigenvalue weighted by molar-refractivity contribution is 7.92. The molecule has 0 amide bonds. The third kappa shape index (κ3) is 3.84. The monoisotopic (exact) mass is 335 g/mol. The zero-order valence-electron chi connectivity index (χ0n) is 13.1. The lowest BCUT2D eigenvalue weighted by molar-refractivity contribution is 0.587. The van der Waals surface area contributed by atoms with Crippen LogP contribution in [0, 0.1) is 0 Å². The summed E-state index contributed by atoms with van der Waals surface area (Å²) in [5.41, 5.74) is 2.39. The maximum Gasteiger partial charge on any atom is 0.261 e. The molecule has 0 bridgehead atoms. The molecule has 0 radical (unpaired) electrons. The van der Waals surface area contributed by atoms with Crippen LogP contribution >= 0.6 is 11.6 Å². The average molecular weight is 336 g/mol. The van der Waals surface area contributed by atoms with Gasteiger partial charge in [-0.2, -0.15) is 0 Å². The smallest absolute Gasteiger partial charge is 0.261 e. The van der Waals surface area contributed by atoms with Crippen LogP contribution in [0.15, 0.2) is 47.4 Å². The van der Waals surface area contributed by atoms with Gasteiger partial charge in [0.25, 0.3) is 10.0 Å². The Morgan fingerprint density at radius 3 is 2.14 bits per heavy atom. The van der Waals surface area contributed by atoms with Crippen molar-refractivity contribution in [1.82, 2.24) is 0 Å². The quantitative estimate of drug-likeness (QED) is 0.877. The predicted molar refractivity (Wildman–Crippen MR) is 95.6 cm³/mol. The van der Waals surface area contributed by atoms with Crippen LogP contribution in [0.1, 0.15) is 26.3 Å². The van der Waals surface area contributed by atoms with Crippen molar-refractivity contribution in [3.63, 3.8) is 0 Å². The third-order valence-corrected chi connectivity index (χ3v) is 5.08. The summed E-state index contributed by atoms with van der Waals surface area (Å²) in [6, 6.07) is 12.0. The molecule has 0 spiro atoms. The van der Waals surface area contributed by atoms with E-state index in [2.05, 4.69) is 25.5 Å². The summed E-state index contributed by atoms with van der Waals surface area (Å²) < 4.78 is 27.5. The maximum atomic E-state index is 12.5. The summed E-state index contributed by atoms with van der Waals surface area (Å²) >= 11 is 5.89. The summed E-state index contributed by atoms with van der Waals surface area (Å²) in [5, 5.41) is 0.579. The van der Waals surface area contributed by atoms with Crippen molar-refractivity contribution in [2.24, 2.45) is 0 Å². The number of hydrogen-bond acceptors (Lipinski definition) is 2. The fourth-order valence-electron chi connectivity index (χ4n) is 2.08. The van der Waals surface area contributed by atoms with E-state index in [0.717, 1.165) is 11.0 Å². The Morgan fingerprint density at radius 1 is 1.05 bits per heavy atom. The molecule has 0 aromatic heterocycles. The first-order chi connectivity index (χ1) is 10.1. The SMILES string of the molecule is Bc1cc(Cl)ccc1NS(=O)(=O)c1ccc(C(C)(C)C)cc1. The molecule has 0 heterocycles. The Morgan fingerprint density at radius 2 is 1.64 bits per heavy atom. The van der Waals surface area contributed by atoms with Crippen molar-refractivity contribution >= 4 is 40.6 Å². The van der Waals surface area contributed by atoms with Crippen LogP contribution in [0.3, 0.4) is 0 Å².